The van der Waals surface area contributed by atoms with Crippen LogP contribution in [-0.4, -0.2) is 48.6 Å². The fourth-order valence-corrected chi connectivity index (χ4v) is 4.70. The zero-order chi connectivity index (χ0) is 18.0. The van der Waals surface area contributed by atoms with Crippen molar-refractivity contribution in [2.45, 2.75) is 50.5 Å². The number of hydrogen-bond acceptors (Lipinski definition) is 3. The molecule has 1 aromatic carbocycles. The highest BCUT2D eigenvalue weighted by Gasteiger charge is 2.45. The quantitative estimate of drug-likeness (QED) is 0.818. The second-order valence-corrected chi connectivity index (χ2v) is 7.99. The lowest BCUT2D eigenvalue weighted by atomic mass is 9.85. The Kier molecular flexibility index (Phi) is 4.98. The maximum atomic E-state index is 13.0. The summed E-state index contributed by atoms with van der Waals surface area (Å²) >= 11 is 0. The van der Waals surface area contributed by atoms with Gasteiger partial charge in [-0.3, -0.25) is 9.59 Å². The molecule has 4 rings (SSSR count). The van der Waals surface area contributed by atoms with Gasteiger partial charge in [-0.15, -0.1) is 0 Å². The van der Waals surface area contributed by atoms with E-state index in [0.29, 0.717) is 19.0 Å². The second-order valence-electron chi connectivity index (χ2n) is 7.99. The first-order chi connectivity index (χ1) is 12.7. The molecule has 1 spiro atoms. The van der Waals surface area contributed by atoms with Gasteiger partial charge in [0.15, 0.2) is 0 Å². The predicted molar refractivity (Wildman–Crippen MR) is 99.9 cm³/mol. The van der Waals surface area contributed by atoms with Crippen LogP contribution in [0.5, 0.6) is 0 Å². The van der Waals surface area contributed by atoms with Crippen molar-refractivity contribution in [2.24, 2.45) is 5.92 Å². The lowest BCUT2D eigenvalue weighted by Gasteiger charge is -2.48. The molecule has 1 aromatic rings. The van der Waals surface area contributed by atoms with E-state index in [2.05, 4.69) is 0 Å². The molecule has 1 atom stereocenters. The van der Waals surface area contributed by atoms with Crippen LogP contribution in [0.25, 0.3) is 0 Å². The summed E-state index contributed by atoms with van der Waals surface area (Å²) in [6.07, 6.45) is 7.48. The molecular weight excluding hydrogens is 328 g/mol. The first kappa shape index (κ1) is 17.5. The van der Waals surface area contributed by atoms with E-state index in [4.69, 9.17) is 4.74 Å². The van der Waals surface area contributed by atoms with Crippen LogP contribution in [-0.2, 0) is 14.3 Å². The largest absolute Gasteiger partial charge is 0.361 e. The zero-order valence-corrected chi connectivity index (χ0v) is 15.4. The number of nitrogens with zero attached hydrogens (tertiary/aromatic N) is 2. The topological polar surface area (TPSA) is 49.9 Å². The van der Waals surface area contributed by atoms with Gasteiger partial charge in [-0.25, -0.2) is 0 Å². The van der Waals surface area contributed by atoms with Gasteiger partial charge in [-0.05, 0) is 37.8 Å². The average molecular weight is 356 g/mol. The smallest absolute Gasteiger partial charge is 0.253 e. The molecule has 1 unspecified atom stereocenters. The number of hydrogen-bond donors (Lipinski definition) is 0. The molecule has 3 fully saturated rings. The van der Waals surface area contributed by atoms with Crippen molar-refractivity contribution in [3.8, 4) is 0 Å². The Hall–Kier alpha value is -1.88. The van der Waals surface area contributed by atoms with E-state index in [-0.39, 0.29) is 18.4 Å². The Morgan fingerprint density at radius 2 is 1.81 bits per heavy atom. The van der Waals surface area contributed by atoms with Gasteiger partial charge in [-0.1, -0.05) is 37.5 Å². The van der Waals surface area contributed by atoms with Crippen molar-refractivity contribution in [1.29, 1.82) is 0 Å². The predicted octanol–water partition coefficient (Wildman–Crippen LogP) is 2.99. The summed E-state index contributed by atoms with van der Waals surface area (Å²) in [4.78, 5) is 29.2. The van der Waals surface area contributed by atoms with Gasteiger partial charge in [-0.2, -0.15) is 0 Å². The number of carbonyl (C=O) groups excluding carboxylic acids is 2. The van der Waals surface area contributed by atoms with Crippen molar-refractivity contribution in [3.63, 3.8) is 0 Å². The molecule has 3 aliphatic rings. The molecule has 2 heterocycles. The first-order valence-corrected chi connectivity index (χ1v) is 9.95. The van der Waals surface area contributed by atoms with Gasteiger partial charge in [0.25, 0.3) is 5.91 Å². The summed E-state index contributed by atoms with van der Waals surface area (Å²) in [5.74, 6) is 0.488. The van der Waals surface area contributed by atoms with Crippen LogP contribution in [0, 0.1) is 5.92 Å². The number of anilines is 1. The monoisotopic (exact) mass is 356 g/mol. The molecule has 0 radical (unpaired) electrons. The van der Waals surface area contributed by atoms with E-state index in [0.717, 1.165) is 37.9 Å². The van der Waals surface area contributed by atoms with Crippen molar-refractivity contribution >= 4 is 17.5 Å². The lowest BCUT2D eigenvalue weighted by molar-refractivity contribution is -0.156. The van der Waals surface area contributed by atoms with Crippen molar-refractivity contribution < 1.29 is 14.3 Å². The minimum atomic E-state index is -0.424. The highest BCUT2D eigenvalue weighted by atomic mass is 16.5. The summed E-state index contributed by atoms with van der Waals surface area (Å²) in [6.45, 7) is 2.06. The van der Waals surface area contributed by atoms with Crippen LogP contribution in [0.15, 0.2) is 30.3 Å². The fourth-order valence-electron chi connectivity index (χ4n) is 4.70. The molecule has 0 bridgehead atoms. The van der Waals surface area contributed by atoms with E-state index in [1.807, 2.05) is 40.1 Å². The molecule has 26 heavy (non-hydrogen) atoms. The highest BCUT2D eigenvalue weighted by Crippen LogP contribution is 2.33. The molecule has 1 saturated carbocycles. The minimum absolute atomic E-state index is 0.00226. The van der Waals surface area contributed by atoms with Crippen LogP contribution in [0.2, 0.25) is 0 Å². The van der Waals surface area contributed by atoms with E-state index in [1.54, 1.807) is 0 Å². The minimum Gasteiger partial charge on any atom is -0.361 e. The number of rotatable bonds is 2. The standard InChI is InChI=1S/C21H28N2O3/c24-19-14-26-21(16-23(19)18-10-5-2-6-11-18)12-7-13-22(15-21)20(25)17-8-3-1-4-9-17/h2,5-6,10-11,17H,1,3-4,7-9,12-16H2. The number of carbonyl (C=O) groups is 2. The number of piperidine rings is 1. The summed E-state index contributed by atoms with van der Waals surface area (Å²) < 4.78 is 6.05. The van der Waals surface area contributed by atoms with Gasteiger partial charge >= 0.3 is 0 Å². The lowest BCUT2D eigenvalue weighted by Crippen LogP contribution is -2.62. The summed E-state index contributed by atoms with van der Waals surface area (Å²) in [6, 6.07) is 9.78. The molecule has 2 amide bonds. The van der Waals surface area contributed by atoms with Crippen LogP contribution < -0.4 is 4.90 Å². The summed E-state index contributed by atoms with van der Waals surface area (Å²) in [5, 5.41) is 0. The summed E-state index contributed by atoms with van der Waals surface area (Å²) in [5.41, 5.74) is 0.489. The highest BCUT2D eigenvalue weighted by molar-refractivity contribution is 5.95. The Labute approximate surface area is 155 Å². The van der Waals surface area contributed by atoms with Crippen molar-refractivity contribution in [1.82, 2.24) is 4.90 Å². The molecule has 140 valence electrons. The van der Waals surface area contributed by atoms with Gasteiger partial charge in [0.2, 0.25) is 5.91 Å². The number of para-hydroxylation sites is 1. The molecule has 2 saturated heterocycles. The number of ether oxygens (including phenoxy) is 1. The zero-order valence-electron chi connectivity index (χ0n) is 15.4. The van der Waals surface area contributed by atoms with E-state index < -0.39 is 5.60 Å². The molecule has 0 aromatic heterocycles. The Bertz CT molecular complexity index is 656. The molecule has 0 N–H and O–H groups in total. The molecule has 5 nitrogen and oxygen atoms in total. The Morgan fingerprint density at radius 1 is 1.04 bits per heavy atom. The number of morpholine rings is 1. The Balaban J connectivity index is 1.48. The second kappa shape index (κ2) is 7.39. The van der Waals surface area contributed by atoms with E-state index in [1.165, 1.54) is 19.3 Å². The normalized spacial score (nSPS) is 27.8. The maximum Gasteiger partial charge on any atom is 0.253 e. The molecule has 2 aliphatic heterocycles. The van der Waals surface area contributed by atoms with Gasteiger partial charge in [0, 0.05) is 18.2 Å². The van der Waals surface area contributed by atoms with Gasteiger partial charge in [0.05, 0.1) is 13.1 Å². The van der Waals surface area contributed by atoms with Gasteiger partial charge < -0.3 is 14.5 Å². The number of likely N-dealkylation sites (tertiary alicyclic amines) is 1. The van der Waals surface area contributed by atoms with Crippen LogP contribution in [0.3, 0.4) is 0 Å². The van der Waals surface area contributed by atoms with E-state index >= 15 is 0 Å². The molecule has 5 heteroatoms. The maximum absolute atomic E-state index is 13.0. The summed E-state index contributed by atoms with van der Waals surface area (Å²) in [7, 11) is 0. The van der Waals surface area contributed by atoms with Crippen molar-refractivity contribution in [3.05, 3.63) is 30.3 Å². The number of amides is 2. The van der Waals surface area contributed by atoms with Crippen LogP contribution in [0.1, 0.15) is 44.9 Å². The average Bonchev–Trinajstić information content (AvgIpc) is 2.71. The molecular formula is C21H28N2O3. The van der Waals surface area contributed by atoms with Crippen molar-refractivity contribution in [2.75, 3.05) is 31.1 Å². The SMILES string of the molecule is O=C(C1CCCCC1)N1CCCC2(C1)CN(c1ccccc1)C(=O)CO2. The third kappa shape index (κ3) is 3.50. The third-order valence-corrected chi connectivity index (χ3v) is 6.12. The first-order valence-electron chi connectivity index (χ1n) is 9.95. The fraction of sp³-hybridized carbons (Fsp3) is 0.619. The number of benzene rings is 1. The molecule has 1 aliphatic carbocycles. The van der Waals surface area contributed by atoms with Gasteiger partial charge in [0.1, 0.15) is 12.2 Å². The van der Waals surface area contributed by atoms with Crippen LogP contribution >= 0.6 is 0 Å². The van der Waals surface area contributed by atoms with Crippen LogP contribution in [0.4, 0.5) is 5.69 Å². The third-order valence-electron chi connectivity index (χ3n) is 6.12. The van der Waals surface area contributed by atoms with E-state index in [9.17, 15) is 9.59 Å². The Morgan fingerprint density at radius 3 is 2.58 bits per heavy atom.